The molecule has 6 nitrogen and oxygen atoms in total. The number of aliphatic hydroxyl groups is 1. The minimum Gasteiger partial charge on any atom is -0.489 e. The number of carbonyl (C=O) groups excluding carboxylic acids is 1. The Morgan fingerprint density at radius 1 is 0.830 bits per heavy atom. The maximum Gasteiger partial charge on any atom is 0.416 e. The Morgan fingerprint density at radius 3 is 2.21 bits per heavy atom. The Labute approximate surface area is 310 Å². The van der Waals surface area contributed by atoms with Crippen molar-refractivity contribution in [2.24, 2.45) is 0 Å². The normalized spacial score (nSPS) is 17.0. The summed E-state index contributed by atoms with van der Waals surface area (Å²) in [7, 11) is 0. The van der Waals surface area contributed by atoms with Crippen molar-refractivity contribution in [3.63, 3.8) is 0 Å². The van der Waals surface area contributed by atoms with Crippen molar-refractivity contribution in [1.29, 1.82) is 0 Å². The van der Waals surface area contributed by atoms with Crippen LogP contribution in [0, 0.1) is 0 Å². The molecule has 9 heteroatoms. The first-order chi connectivity index (χ1) is 25.3. The number of halogens is 3. The number of hydrogen-bond donors (Lipinski definition) is 1. The number of fused-ring (bicyclic) bond motifs is 3. The van der Waals surface area contributed by atoms with E-state index in [9.17, 15) is 23.1 Å². The van der Waals surface area contributed by atoms with Crippen LogP contribution in [0.2, 0.25) is 0 Å². The largest absolute Gasteiger partial charge is 0.489 e. The molecule has 53 heavy (non-hydrogen) atoms. The van der Waals surface area contributed by atoms with Gasteiger partial charge in [0, 0.05) is 43.9 Å². The number of piperazine rings is 1. The van der Waals surface area contributed by atoms with E-state index in [0.717, 1.165) is 61.3 Å². The van der Waals surface area contributed by atoms with Crippen LogP contribution in [0.25, 0.3) is 11.1 Å². The molecule has 280 valence electrons. The quantitative estimate of drug-likeness (QED) is 0.173. The second-order valence-corrected chi connectivity index (χ2v) is 15.7. The van der Waals surface area contributed by atoms with Gasteiger partial charge in [-0.1, -0.05) is 73.9 Å². The highest BCUT2D eigenvalue weighted by Gasteiger charge is 2.39. The lowest BCUT2D eigenvalue weighted by molar-refractivity contribution is -0.138. The lowest BCUT2D eigenvalue weighted by atomic mass is 9.75. The van der Waals surface area contributed by atoms with E-state index >= 15 is 0 Å². The molecule has 0 bridgehead atoms. The van der Waals surface area contributed by atoms with E-state index in [1.165, 1.54) is 40.1 Å². The Balaban J connectivity index is 1.19. The standard InChI is InChI=1S/C44H49F3N2O4/c1-42(2,3)53-41(50)49-25-23-48(24-26-49)40-35(20-17-30-15-18-33(19-16-30)52-29-32-12-6-8-14-38(32)44(45,46)47)39(43(51)21-9-4-10-22-43)28-36-34-13-7-5-11-31(34)27-37(36)40/h5-8,11-16,18-19,28,51H,4,9-10,17,20-27,29H2,1-3H3. The fraction of sp³-hybridized carbons (Fsp3) is 0.432. The Bertz CT molecular complexity index is 1940. The number of anilines is 1. The third-order valence-corrected chi connectivity index (χ3v) is 10.9. The smallest absolute Gasteiger partial charge is 0.416 e. The molecule has 0 atom stereocenters. The molecule has 1 saturated carbocycles. The van der Waals surface area contributed by atoms with Gasteiger partial charge in [-0.25, -0.2) is 4.79 Å². The molecule has 1 amide bonds. The zero-order chi connectivity index (χ0) is 37.4. The maximum atomic E-state index is 13.5. The minimum atomic E-state index is -4.45. The number of benzene rings is 4. The third kappa shape index (κ3) is 8.05. The number of alkyl halides is 3. The summed E-state index contributed by atoms with van der Waals surface area (Å²) in [5.74, 6) is 0.502. The van der Waals surface area contributed by atoms with Gasteiger partial charge in [0.1, 0.15) is 18.0 Å². The number of rotatable bonds is 8. The van der Waals surface area contributed by atoms with E-state index in [2.05, 4.69) is 35.2 Å². The zero-order valence-corrected chi connectivity index (χ0v) is 30.9. The van der Waals surface area contributed by atoms with E-state index in [1.54, 1.807) is 11.0 Å². The average molecular weight is 727 g/mol. The van der Waals surface area contributed by atoms with Crippen molar-refractivity contribution in [1.82, 2.24) is 4.90 Å². The predicted molar refractivity (Wildman–Crippen MR) is 201 cm³/mol. The van der Waals surface area contributed by atoms with Crippen LogP contribution in [-0.4, -0.2) is 47.9 Å². The number of ether oxygens (including phenoxy) is 2. The molecular formula is C44H49F3N2O4. The monoisotopic (exact) mass is 726 g/mol. The van der Waals surface area contributed by atoms with E-state index in [0.29, 0.717) is 44.8 Å². The molecule has 0 radical (unpaired) electrons. The van der Waals surface area contributed by atoms with Crippen LogP contribution in [0.5, 0.6) is 5.75 Å². The maximum absolute atomic E-state index is 13.5. The van der Waals surface area contributed by atoms with Crippen LogP contribution in [-0.2, 0) is 42.4 Å². The summed E-state index contributed by atoms with van der Waals surface area (Å²) in [6, 6.07) is 23.9. The lowest BCUT2D eigenvalue weighted by Crippen LogP contribution is -2.50. The number of aryl methyl sites for hydroxylation is 1. The van der Waals surface area contributed by atoms with Gasteiger partial charge in [0.25, 0.3) is 0 Å². The number of hydrogen-bond acceptors (Lipinski definition) is 5. The van der Waals surface area contributed by atoms with Crippen LogP contribution < -0.4 is 9.64 Å². The number of amides is 1. The van der Waals surface area contributed by atoms with Crippen molar-refractivity contribution in [3.8, 4) is 16.9 Å². The van der Waals surface area contributed by atoms with E-state index in [4.69, 9.17) is 9.47 Å². The summed E-state index contributed by atoms with van der Waals surface area (Å²) in [5.41, 5.74) is 7.30. The average Bonchev–Trinajstić information content (AvgIpc) is 3.51. The Hall–Kier alpha value is -4.50. The molecule has 1 aliphatic heterocycles. The van der Waals surface area contributed by atoms with Crippen molar-refractivity contribution < 1.29 is 32.5 Å². The van der Waals surface area contributed by atoms with Crippen molar-refractivity contribution in [3.05, 3.63) is 118 Å². The van der Waals surface area contributed by atoms with Crippen LogP contribution in [0.1, 0.15) is 91.8 Å². The Kier molecular flexibility index (Phi) is 10.2. The second-order valence-electron chi connectivity index (χ2n) is 15.7. The molecule has 1 heterocycles. The summed E-state index contributed by atoms with van der Waals surface area (Å²) >= 11 is 0. The van der Waals surface area contributed by atoms with Crippen LogP contribution in [0.4, 0.5) is 23.7 Å². The minimum absolute atomic E-state index is 0.0930. The van der Waals surface area contributed by atoms with Gasteiger partial charge in [-0.15, -0.1) is 0 Å². The first kappa shape index (κ1) is 36.8. The summed E-state index contributed by atoms with van der Waals surface area (Å²) in [4.78, 5) is 17.2. The SMILES string of the molecule is CC(C)(C)OC(=O)N1CCN(c2c3c(cc(C4(O)CCCCC4)c2CCc2ccc(OCc4ccccc4C(F)(F)F)cc2)-c2ccccc2C3)CC1. The molecule has 4 aromatic carbocycles. The first-order valence-electron chi connectivity index (χ1n) is 18.9. The molecular weight excluding hydrogens is 677 g/mol. The number of nitrogens with zero attached hydrogens (tertiary/aromatic N) is 2. The summed E-state index contributed by atoms with van der Waals surface area (Å²) in [5, 5.41) is 12.4. The first-order valence-corrected chi connectivity index (χ1v) is 18.9. The molecule has 0 aromatic heterocycles. The molecule has 0 spiro atoms. The molecule has 4 aromatic rings. The van der Waals surface area contributed by atoms with Gasteiger partial charge in [-0.2, -0.15) is 13.2 Å². The van der Waals surface area contributed by atoms with Gasteiger partial charge in [0.05, 0.1) is 11.2 Å². The van der Waals surface area contributed by atoms with E-state index in [-0.39, 0.29) is 18.3 Å². The lowest BCUT2D eigenvalue weighted by Gasteiger charge is -2.41. The topological polar surface area (TPSA) is 62.2 Å². The highest BCUT2D eigenvalue weighted by molar-refractivity contribution is 5.85. The zero-order valence-electron chi connectivity index (χ0n) is 30.9. The highest BCUT2D eigenvalue weighted by Crippen LogP contribution is 2.50. The molecule has 0 unspecified atom stereocenters. The highest BCUT2D eigenvalue weighted by atomic mass is 19.4. The van der Waals surface area contributed by atoms with Crippen molar-refractivity contribution in [2.45, 2.75) is 96.1 Å². The molecule has 2 fully saturated rings. The summed E-state index contributed by atoms with van der Waals surface area (Å²) in [6.07, 6.45) is 1.97. The second kappa shape index (κ2) is 14.7. The van der Waals surface area contributed by atoms with Crippen molar-refractivity contribution >= 4 is 11.8 Å². The third-order valence-electron chi connectivity index (χ3n) is 10.9. The van der Waals surface area contributed by atoms with Gasteiger partial charge in [0.15, 0.2) is 0 Å². The van der Waals surface area contributed by atoms with Crippen LogP contribution in [0.15, 0.2) is 78.9 Å². The van der Waals surface area contributed by atoms with Gasteiger partial charge in [-0.05, 0) is 110 Å². The van der Waals surface area contributed by atoms with Crippen LogP contribution >= 0.6 is 0 Å². The van der Waals surface area contributed by atoms with E-state index in [1.807, 2.05) is 45.0 Å². The molecule has 3 aliphatic rings. The molecule has 1 saturated heterocycles. The molecule has 2 aliphatic carbocycles. The summed E-state index contributed by atoms with van der Waals surface area (Å²) in [6.45, 7) is 7.86. The van der Waals surface area contributed by atoms with Crippen molar-refractivity contribution in [2.75, 3.05) is 31.1 Å². The Morgan fingerprint density at radius 2 is 1.51 bits per heavy atom. The van der Waals surface area contributed by atoms with Crippen LogP contribution in [0.3, 0.4) is 0 Å². The van der Waals surface area contributed by atoms with E-state index < -0.39 is 22.9 Å². The molecule has 1 N–H and O–H groups in total. The fourth-order valence-electron chi connectivity index (χ4n) is 8.30. The van der Waals surface area contributed by atoms with Gasteiger partial charge in [0.2, 0.25) is 0 Å². The fourth-order valence-corrected chi connectivity index (χ4v) is 8.30. The predicted octanol–water partition coefficient (Wildman–Crippen LogP) is 9.85. The molecule has 7 rings (SSSR count). The summed E-state index contributed by atoms with van der Waals surface area (Å²) < 4.78 is 52.1. The van der Waals surface area contributed by atoms with Gasteiger partial charge >= 0.3 is 12.3 Å². The van der Waals surface area contributed by atoms with Gasteiger partial charge in [-0.3, -0.25) is 0 Å². The number of carbonyl (C=O) groups is 1. The van der Waals surface area contributed by atoms with Gasteiger partial charge < -0.3 is 24.4 Å².